The molecule has 0 unspecified atom stereocenters. The summed E-state index contributed by atoms with van der Waals surface area (Å²) in [6.07, 6.45) is 1.89. The summed E-state index contributed by atoms with van der Waals surface area (Å²) < 4.78 is 15.6. The Morgan fingerprint density at radius 1 is 0.800 bits per heavy atom. The molecule has 1 aliphatic carbocycles. The number of benzene rings is 4. The maximum absolute atomic E-state index is 15.4. The van der Waals surface area contributed by atoms with Crippen molar-refractivity contribution >= 4 is 29.1 Å². The molecule has 252 valence electrons. The first-order valence-electron chi connectivity index (χ1n) is 16.1. The van der Waals surface area contributed by atoms with Gasteiger partial charge in [-0.25, -0.2) is 28.4 Å². The fraction of sp³-hybridized carbons (Fsp3) is 0.211. The predicted octanol–water partition coefficient (Wildman–Crippen LogP) is 4.97. The van der Waals surface area contributed by atoms with E-state index in [1.165, 1.54) is 40.6 Å². The molecule has 4 atom stereocenters. The van der Waals surface area contributed by atoms with E-state index in [0.29, 0.717) is 33.1 Å². The van der Waals surface area contributed by atoms with E-state index in [2.05, 4.69) is 0 Å². The van der Waals surface area contributed by atoms with Gasteiger partial charge in [0.2, 0.25) is 11.8 Å². The SMILES string of the molecule is COc1cc(O)cc(OC)c1[C@H]1C2=CCn3c(=O)n(-c4ccccc4)c(=O)n3[C@@H]2C[C@H]2C(=O)N(c3cccc(Cl)c3)C(=O)[C@@]12c1ccccc1. The van der Waals surface area contributed by atoms with Gasteiger partial charge in [0.15, 0.2) is 0 Å². The second kappa shape index (κ2) is 11.7. The Hall–Kier alpha value is -5.81. The Kier molecular flexibility index (Phi) is 7.34. The first-order valence-corrected chi connectivity index (χ1v) is 16.4. The second-order valence-electron chi connectivity index (χ2n) is 12.6. The number of amides is 2. The molecule has 11 nitrogen and oxygen atoms in total. The number of carbonyl (C=O) groups excluding carboxylic acids is 2. The normalized spacial score (nSPS) is 22.4. The van der Waals surface area contributed by atoms with Crippen LogP contribution in [0.1, 0.15) is 29.5 Å². The number of rotatable bonds is 6. The number of nitrogens with zero attached hydrogens (tertiary/aromatic N) is 4. The molecule has 2 fully saturated rings. The number of hydrogen-bond acceptors (Lipinski definition) is 7. The number of phenols is 1. The summed E-state index contributed by atoms with van der Waals surface area (Å²) in [5, 5.41) is 11.0. The Balaban J connectivity index is 1.46. The number of halogens is 1. The van der Waals surface area contributed by atoms with Gasteiger partial charge in [-0.2, -0.15) is 0 Å². The van der Waals surface area contributed by atoms with Crippen LogP contribution in [-0.2, 0) is 21.5 Å². The van der Waals surface area contributed by atoms with Gasteiger partial charge in [-0.05, 0) is 47.9 Å². The van der Waals surface area contributed by atoms with Crippen LogP contribution in [0.3, 0.4) is 0 Å². The number of allylic oxidation sites excluding steroid dienone is 2. The van der Waals surface area contributed by atoms with Crippen molar-refractivity contribution in [3.8, 4) is 22.9 Å². The van der Waals surface area contributed by atoms with Gasteiger partial charge < -0.3 is 14.6 Å². The summed E-state index contributed by atoms with van der Waals surface area (Å²) in [6, 6.07) is 26.4. The zero-order valence-electron chi connectivity index (χ0n) is 27.0. The van der Waals surface area contributed by atoms with Crippen molar-refractivity contribution in [3.05, 3.63) is 146 Å². The molecule has 4 aromatic carbocycles. The molecule has 0 bridgehead atoms. The summed E-state index contributed by atoms with van der Waals surface area (Å²) in [7, 11) is 2.89. The van der Waals surface area contributed by atoms with Crippen molar-refractivity contribution in [1.29, 1.82) is 0 Å². The molecular formula is C38H31ClN4O7. The maximum Gasteiger partial charge on any atom is 0.352 e. The van der Waals surface area contributed by atoms with E-state index < -0.39 is 46.5 Å². The monoisotopic (exact) mass is 690 g/mol. The first-order chi connectivity index (χ1) is 24.2. The highest BCUT2D eigenvalue weighted by Gasteiger charge is 2.69. The van der Waals surface area contributed by atoms with Crippen molar-refractivity contribution in [1.82, 2.24) is 13.9 Å². The third kappa shape index (κ3) is 4.29. The van der Waals surface area contributed by atoms with E-state index in [-0.39, 0.29) is 30.2 Å². The summed E-state index contributed by atoms with van der Waals surface area (Å²) >= 11 is 6.39. The highest BCUT2D eigenvalue weighted by Crippen LogP contribution is 2.64. The van der Waals surface area contributed by atoms with E-state index in [0.717, 1.165) is 4.57 Å². The number of anilines is 1. The van der Waals surface area contributed by atoms with Gasteiger partial charge >= 0.3 is 11.4 Å². The first kappa shape index (κ1) is 31.5. The minimum atomic E-state index is -1.57. The third-order valence-electron chi connectivity index (χ3n) is 10.3. The van der Waals surface area contributed by atoms with Crippen LogP contribution in [0.15, 0.2) is 118 Å². The van der Waals surface area contributed by atoms with Crippen LogP contribution < -0.4 is 25.8 Å². The zero-order chi connectivity index (χ0) is 34.9. The van der Waals surface area contributed by atoms with Crippen LogP contribution in [-0.4, -0.2) is 45.1 Å². The van der Waals surface area contributed by atoms with Crippen LogP contribution in [0.2, 0.25) is 5.02 Å². The van der Waals surface area contributed by atoms with E-state index in [4.69, 9.17) is 21.1 Å². The molecule has 1 N–H and O–H groups in total. The standard InChI is InChI=1S/C38H31ClN4O7/c1-49-30-19-26(44)20-31(50-2)32(30)33-27-16-17-40-36(47)42(24-13-7-4-8-14-24)37(48)43(40)29(27)21-28-34(45)41(25-15-9-12-23(39)18-25)35(46)38(28,33)22-10-5-3-6-11-22/h3-16,18-20,28-29,33,44H,17,21H2,1-2H3/t28-,29+,33+,38+/m0/s1. The number of hydrogen-bond donors (Lipinski definition) is 1. The van der Waals surface area contributed by atoms with Gasteiger partial charge in [-0.15, -0.1) is 0 Å². The van der Waals surface area contributed by atoms with Crippen molar-refractivity contribution < 1.29 is 24.2 Å². The number of imide groups is 1. The molecule has 8 rings (SSSR count). The van der Waals surface area contributed by atoms with Crippen LogP contribution in [0.5, 0.6) is 17.2 Å². The van der Waals surface area contributed by atoms with Crippen LogP contribution in [0.25, 0.3) is 5.69 Å². The Bertz CT molecular complexity index is 2320. The molecule has 2 aliphatic heterocycles. The van der Waals surface area contributed by atoms with Crippen molar-refractivity contribution in [3.63, 3.8) is 0 Å². The quantitative estimate of drug-likeness (QED) is 0.197. The molecule has 12 heteroatoms. The van der Waals surface area contributed by atoms with Crippen molar-refractivity contribution in [2.45, 2.75) is 30.3 Å². The molecule has 0 radical (unpaired) electrons. The fourth-order valence-corrected chi connectivity index (χ4v) is 8.51. The van der Waals surface area contributed by atoms with E-state index in [1.54, 1.807) is 54.6 Å². The smallest absolute Gasteiger partial charge is 0.352 e. The molecule has 1 aromatic heterocycles. The Labute approximate surface area is 290 Å². The van der Waals surface area contributed by atoms with Crippen molar-refractivity contribution in [2.75, 3.05) is 19.1 Å². The molecule has 2 amide bonds. The molecule has 0 spiro atoms. The van der Waals surface area contributed by atoms with Gasteiger partial charge in [0, 0.05) is 28.6 Å². The third-order valence-corrected chi connectivity index (χ3v) is 10.5. The van der Waals surface area contributed by atoms with Gasteiger partial charge in [0.1, 0.15) is 17.2 Å². The lowest BCUT2D eigenvalue weighted by Gasteiger charge is -2.49. The average molecular weight is 691 g/mol. The molecule has 1 saturated carbocycles. The summed E-state index contributed by atoms with van der Waals surface area (Å²) in [6.45, 7) is 0.0225. The molecule has 50 heavy (non-hydrogen) atoms. The van der Waals surface area contributed by atoms with Crippen LogP contribution in [0, 0.1) is 5.92 Å². The molecule has 3 heterocycles. The number of methoxy groups -OCH3 is 2. The van der Waals surface area contributed by atoms with Gasteiger partial charge in [-0.3, -0.25) is 9.59 Å². The fourth-order valence-electron chi connectivity index (χ4n) is 8.33. The lowest BCUT2D eigenvalue weighted by atomic mass is 9.53. The number of aromatic nitrogens is 3. The molecule has 1 saturated heterocycles. The van der Waals surface area contributed by atoms with Gasteiger partial charge in [0.25, 0.3) is 0 Å². The van der Waals surface area contributed by atoms with Crippen LogP contribution in [0.4, 0.5) is 5.69 Å². The topological polar surface area (TPSA) is 125 Å². The predicted molar refractivity (Wildman–Crippen MR) is 186 cm³/mol. The Morgan fingerprint density at radius 2 is 1.44 bits per heavy atom. The molecule has 5 aromatic rings. The lowest BCUT2D eigenvalue weighted by molar-refractivity contribution is -0.124. The highest BCUT2D eigenvalue weighted by molar-refractivity contribution is 6.32. The number of ether oxygens (including phenoxy) is 2. The van der Waals surface area contributed by atoms with E-state index in [1.807, 2.05) is 36.4 Å². The lowest BCUT2D eigenvalue weighted by Crippen LogP contribution is -2.53. The minimum absolute atomic E-state index is 0.0225. The highest BCUT2D eigenvalue weighted by atomic mass is 35.5. The van der Waals surface area contributed by atoms with Crippen LogP contribution >= 0.6 is 11.6 Å². The zero-order valence-corrected chi connectivity index (χ0v) is 27.8. The summed E-state index contributed by atoms with van der Waals surface area (Å²) in [5.74, 6) is -2.63. The van der Waals surface area contributed by atoms with Crippen molar-refractivity contribution in [2.24, 2.45) is 5.92 Å². The summed E-state index contributed by atoms with van der Waals surface area (Å²) in [5.41, 5.74) is -0.335. The van der Waals surface area contributed by atoms with E-state index >= 15 is 4.79 Å². The van der Waals surface area contributed by atoms with Gasteiger partial charge in [-0.1, -0.05) is 72.3 Å². The molecule has 3 aliphatic rings. The second-order valence-corrected chi connectivity index (χ2v) is 13.0. The minimum Gasteiger partial charge on any atom is -0.508 e. The number of phenolic OH excluding ortho intramolecular Hbond substituents is 1. The molecular weight excluding hydrogens is 660 g/mol. The van der Waals surface area contributed by atoms with E-state index in [9.17, 15) is 19.5 Å². The number of fused-ring (bicyclic) bond motifs is 4. The Morgan fingerprint density at radius 3 is 2.08 bits per heavy atom. The largest absolute Gasteiger partial charge is 0.508 e. The average Bonchev–Trinajstić information content (AvgIpc) is 3.52. The maximum atomic E-state index is 15.4. The number of carbonyl (C=O) groups is 2. The summed E-state index contributed by atoms with van der Waals surface area (Å²) in [4.78, 5) is 59.8. The number of para-hydroxylation sites is 1. The number of aromatic hydroxyl groups is 1. The van der Waals surface area contributed by atoms with Gasteiger partial charge in [0.05, 0.1) is 49.5 Å².